The molecule has 0 aliphatic heterocycles. The minimum Gasteiger partial charge on any atom is -0.386 e. The highest BCUT2D eigenvalue weighted by molar-refractivity contribution is 5.85. The van der Waals surface area contributed by atoms with Crippen LogP contribution in [0.15, 0.2) is 36.7 Å². The lowest BCUT2D eigenvalue weighted by molar-refractivity contribution is -0.179. The number of hydrogen-bond donors (Lipinski definition) is 1. The van der Waals surface area contributed by atoms with E-state index in [1.54, 1.807) is 30.6 Å². The molecule has 3 nitrogen and oxygen atoms in total. The van der Waals surface area contributed by atoms with Crippen molar-refractivity contribution in [1.82, 2.24) is 4.98 Å². The highest BCUT2D eigenvalue weighted by Crippen LogP contribution is 2.24. The first-order valence-corrected chi connectivity index (χ1v) is 5.62. The molecule has 1 aromatic heterocycles. The second-order valence-electron chi connectivity index (χ2n) is 4.09. The predicted octanol–water partition coefficient (Wildman–Crippen LogP) is 2.85. The molecule has 0 saturated carbocycles. The van der Waals surface area contributed by atoms with Crippen LogP contribution < -0.4 is 0 Å². The number of aliphatic hydroxyl groups is 1. The first-order chi connectivity index (χ1) is 8.97. The molecule has 1 unspecified atom stereocenters. The van der Waals surface area contributed by atoms with Crippen LogP contribution in [0.3, 0.4) is 0 Å². The van der Waals surface area contributed by atoms with E-state index >= 15 is 0 Å². The summed E-state index contributed by atoms with van der Waals surface area (Å²) in [5, 5.41) is 11.5. The standard InChI is InChI=1S/C13H12F3NO2/c14-13(15,16)8-19-7-12(18)10-3-1-2-9-4-5-17-6-11(9)10/h1-6,12,18H,7-8H2. The summed E-state index contributed by atoms with van der Waals surface area (Å²) >= 11 is 0. The van der Waals surface area contributed by atoms with Gasteiger partial charge in [-0.25, -0.2) is 0 Å². The lowest BCUT2D eigenvalue weighted by Gasteiger charge is -2.14. The van der Waals surface area contributed by atoms with Gasteiger partial charge in [0.1, 0.15) is 12.7 Å². The van der Waals surface area contributed by atoms with E-state index in [1.807, 2.05) is 6.07 Å². The summed E-state index contributed by atoms with van der Waals surface area (Å²) in [5.41, 5.74) is 0.507. The monoisotopic (exact) mass is 271 g/mol. The fraction of sp³-hybridized carbons (Fsp3) is 0.308. The molecule has 0 spiro atoms. The quantitative estimate of drug-likeness (QED) is 0.929. The molecule has 0 bridgehead atoms. The smallest absolute Gasteiger partial charge is 0.386 e. The molecule has 1 N–H and O–H groups in total. The van der Waals surface area contributed by atoms with Crippen molar-refractivity contribution in [3.8, 4) is 0 Å². The third kappa shape index (κ3) is 3.65. The second-order valence-corrected chi connectivity index (χ2v) is 4.09. The van der Waals surface area contributed by atoms with Gasteiger partial charge in [-0.1, -0.05) is 18.2 Å². The summed E-state index contributed by atoms with van der Waals surface area (Å²) in [7, 11) is 0. The SMILES string of the molecule is OC(COCC(F)(F)F)c1cccc2ccncc12. The Morgan fingerprint density at radius 1 is 1.26 bits per heavy atom. The number of pyridine rings is 1. The molecule has 0 radical (unpaired) electrons. The molecular formula is C13H12F3NO2. The highest BCUT2D eigenvalue weighted by atomic mass is 19.4. The van der Waals surface area contributed by atoms with Gasteiger partial charge in [0.2, 0.25) is 0 Å². The summed E-state index contributed by atoms with van der Waals surface area (Å²) in [6.45, 7) is -1.78. The molecule has 1 atom stereocenters. The summed E-state index contributed by atoms with van der Waals surface area (Å²) in [6, 6.07) is 6.97. The summed E-state index contributed by atoms with van der Waals surface area (Å²) < 4.78 is 40.3. The molecule has 0 aliphatic carbocycles. The zero-order valence-electron chi connectivity index (χ0n) is 9.89. The van der Waals surface area contributed by atoms with Gasteiger partial charge in [-0.3, -0.25) is 4.98 Å². The van der Waals surface area contributed by atoms with Crippen LogP contribution in [0.4, 0.5) is 13.2 Å². The normalized spacial score (nSPS) is 13.7. The number of ether oxygens (including phenoxy) is 1. The zero-order chi connectivity index (χ0) is 13.9. The predicted molar refractivity (Wildman–Crippen MR) is 63.6 cm³/mol. The van der Waals surface area contributed by atoms with Gasteiger partial charge in [-0.05, 0) is 17.0 Å². The Bertz CT molecular complexity index is 552. The number of benzene rings is 1. The van der Waals surface area contributed by atoms with Crippen LogP contribution in [0.1, 0.15) is 11.7 Å². The van der Waals surface area contributed by atoms with E-state index in [0.717, 1.165) is 5.39 Å². The van der Waals surface area contributed by atoms with Crippen molar-refractivity contribution in [3.05, 3.63) is 42.2 Å². The topological polar surface area (TPSA) is 42.4 Å². The van der Waals surface area contributed by atoms with Crippen molar-refractivity contribution in [2.24, 2.45) is 0 Å². The van der Waals surface area contributed by atoms with Crippen molar-refractivity contribution < 1.29 is 23.0 Å². The molecule has 102 valence electrons. The van der Waals surface area contributed by atoms with E-state index in [-0.39, 0.29) is 0 Å². The average Bonchev–Trinajstić information content (AvgIpc) is 2.36. The molecule has 0 aliphatic rings. The number of hydrogen-bond acceptors (Lipinski definition) is 3. The van der Waals surface area contributed by atoms with Crippen LogP contribution >= 0.6 is 0 Å². The fourth-order valence-corrected chi connectivity index (χ4v) is 1.80. The molecule has 1 aromatic carbocycles. The van der Waals surface area contributed by atoms with E-state index in [9.17, 15) is 18.3 Å². The van der Waals surface area contributed by atoms with Gasteiger partial charge < -0.3 is 9.84 Å². The summed E-state index contributed by atoms with van der Waals surface area (Å²) in [5.74, 6) is 0. The maximum absolute atomic E-state index is 11.9. The Labute approximate surface area is 107 Å². The van der Waals surface area contributed by atoms with Crippen LogP contribution in [0.25, 0.3) is 10.8 Å². The van der Waals surface area contributed by atoms with Crippen LogP contribution in [-0.2, 0) is 4.74 Å². The Kier molecular flexibility index (Phi) is 4.01. The number of halogens is 3. The number of fused-ring (bicyclic) bond motifs is 1. The summed E-state index contributed by atoms with van der Waals surface area (Å²) in [4.78, 5) is 3.94. The van der Waals surface area contributed by atoms with Crippen molar-refractivity contribution in [3.63, 3.8) is 0 Å². The van der Waals surface area contributed by atoms with Crippen molar-refractivity contribution in [2.45, 2.75) is 12.3 Å². The lowest BCUT2D eigenvalue weighted by atomic mass is 10.0. The fourth-order valence-electron chi connectivity index (χ4n) is 1.80. The molecule has 2 aromatic rings. The number of aromatic nitrogens is 1. The maximum atomic E-state index is 11.9. The van der Waals surface area contributed by atoms with Crippen LogP contribution in [0.2, 0.25) is 0 Å². The largest absolute Gasteiger partial charge is 0.411 e. The molecule has 0 fully saturated rings. The molecule has 2 rings (SSSR count). The molecule has 0 amide bonds. The summed E-state index contributed by atoms with van der Waals surface area (Å²) in [6.07, 6.45) is -2.33. The van der Waals surface area contributed by atoms with E-state index in [1.165, 1.54) is 0 Å². The molecule has 19 heavy (non-hydrogen) atoms. The average molecular weight is 271 g/mol. The van der Waals surface area contributed by atoms with Crippen molar-refractivity contribution in [1.29, 1.82) is 0 Å². The highest BCUT2D eigenvalue weighted by Gasteiger charge is 2.28. The third-order valence-corrected chi connectivity index (χ3v) is 2.62. The van der Waals surface area contributed by atoms with Gasteiger partial charge in [0, 0.05) is 17.8 Å². The lowest BCUT2D eigenvalue weighted by Crippen LogP contribution is -2.19. The van der Waals surface area contributed by atoms with E-state index in [0.29, 0.717) is 10.9 Å². The first kappa shape index (κ1) is 13.8. The van der Waals surface area contributed by atoms with Gasteiger partial charge in [0.05, 0.1) is 6.61 Å². The number of alkyl halides is 3. The maximum Gasteiger partial charge on any atom is 0.411 e. The first-order valence-electron chi connectivity index (χ1n) is 5.62. The Hall–Kier alpha value is -1.66. The molecule has 6 heteroatoms. The number of aliphatic hydroxyl groups excluding tert-OH is 1. The van der Waals surface area contributed by atoms with E-state index in [2.05, 4.69) is 9.72 Å². The molecule has 0 saturated heterocycles. The second kappa shape index (κ2) is 5.54. The van der Waals surface area contributed by atoms with Crippen LogP contribution in [-0.4, -0.2) is 29.5 Å². The van der Waals surface area contributed by atoms with Crippen LogP contribution in [0.5, 0.6) is 0 Å². The minimum atomic E-state index is -4.39. The van der Waals surface area contributed by atoms with Crippen molar-refractivity contribution >= 4 is 10.8 Å². The van der Waals surface area contributed by atoms with Gasteiger partial charge in [-0.15, -0.1) is 0 Å². The Balaban J connectivity index is 2.11. The number of nitrogens with zero attached hydrogens (tertiary/aromatic N) is 1. The Morgan fingerprint density at radius 2 is 2.05 bits per heavy atom. The zero-order valence-corrected chi connectivity index (χ0v) is 9.89. The van der Waals surface area contributed by atoms with Gasteiger partial charge in [0.25, 0.3) is 0 Å². The Morgan fingerprint density at radius 3 is 2.79 bits per heavy atom. The molecular weight excluding hydrogens is 259 g/mol. The third-order valence-electron chi connectivity index (χ3n) is 2.62. The molecule has 1 heterocycles. The van der Waals surface area contributed by atoms with Crippen molar-refractivity contribution in [2.75, 3.05) is 13.2 Å². The van der Waals surface area contributed by atoms with Gasteiger partial charge in [0.15, 0.2) is 0 Å². The van der Waals surface area contributed by atoms with E-state index < -0.39 is 25.5 Å². The van der Waals surface area contributed by atoms with Gasteiger partial charge in [-0.2, -0.15) is 13.2 Å². The van der Waals surface area contributed by atoms with Crippen LogP contribution in [0, 0.1) is 0 Å². The van der Waals surface area contributed by atoms with E-state index in [4.69, 9.17) is 0 Å². The van der Waals surface area contributed by atoms with Gasteiger partial charge >= 0.3 is 6.18 Å². The number of rotatable bonds is 4. The minimum absolute atomic E-state index is 0.409.